The molecule has 1 heteroatoms. The summed E-state index contributed by atoms with van der Waals surface area (Å²) >= 11 is 0. The molecule has 0 aromatic carbocycles. The smallest absolute Gasteiger partial charge is 0 e. The SMILES string of the molecule is [C-]1=CC=CC1.[CH2-]C.[CH3-].[CH3-].[CH3-].[CH3-].[CH3-].[Hf]. The third-order valence-electron chi connectivity index (χ3n) is 0.586. The number of allylic oxidation sites excluding steroid dienone is 4. The molecule has 0 saturated carbocycles. The van der Waals surface area contributed by atoms with E-state index in [0.717, 1.165) is 6.42 Å². The number of hydrogen-bond donors (Lipinski definition) is 0. The minimum atomic E-state index is 0. The van der Waals surface area contributed by atoms with E-state index >= 15 is 0 Å². The average molecular weight is 348 g/mol. The first kappa shape index (κ1) is 50.5. The summed E-state index contributed by atoms with van der Waals surface area (Å²) in [6.45, 7) is 5.00. The Kier molecular flexibility index (Phi) is 216. The zero-order valence-corrected chi connectivity index (χ0v) is 13.7. The van der Waals surface area contributed by atoms with Gasteiger partial charge in [-0.2, -0.15) is 13.0 Å². The van der Waals surface area contributed by atoms with Crippen LogP contribution in [0.3, 0.4) is 0 Å². The van der Waals surface area contributed by atoms with Crippen LogP contribution in [0.5, 0.6) is 0 Å². The standard InChI is InChI=1S/C5H5.C2H5.5CH3.Hf/c1-2-4-5-3-1;1-2;;;;;;/h1-3H,4H2;1H2,2H3;5*1H3;/q7*-1;. The molecule has 0 aromatic rings. The molecular weight excluding hydrogens is 323 g/mol. The minimum Gasteiger partial charge on any atom is -0.358 e. The van der Waals surface area contributed by atoms with Gasteiger partial charge < -0.3 is 44.1 Å². The first-order chi connectivity index (χ1) is 3.50. The van der Waals surface area contributed by atoms with Gasteiger partial charge in [-0.1, -0.05) is 0 Å². The van der Waals surface area contributed by atoms with E-state index in [1.54, 1.807) is 6.92 Å². The van der Waals surface area contributed by atoms with Crippen molar-refractivity contribution in [2.24, 2.45) is 0 Å². The molecule has 0 unspecified atom stereocenters. The van der Waals surface area contributed by atoms with Gasteiger partial charge in [0.05, 0.1) is 0 Å². The largest absolute Gasteiger partial charge is 0.358 e. The molecule has 0 atom stereocenters. The van der Waals surface area contributed by atoms with Crippen LogP contribution in [-0.2, 0) is 25.8 Å². The predicted molar refractivity (Wildman–Crippen MR) is 64.7 cm³/mol. The Balaban J connectivity index is -0.00000000859. The van der Waals surface area contributed by atoms with Crippen molar-refractivity contribution < 1.29 is 25.8 Å². The fraction of sp³-hybridized carbons (Fsp3) is 0.167. The Morgan fingerprint density at radius 2 is 1.38 bits per heavy atom. The maximum atomic E-state index is 3.25. The Morgan fingerprint density at radius 1 is 1.00 bits per heavy atom. The van der Waals surface area contributed by atoms with Gasteiger partial charge in [0, 0.05) is 25.8 Å². The van der Waals surface area contributed by atoms with Crippen LogP contribution in [0.15, 0.2) is 18.2 Å². The van der Waals surface area contributed by atoms with E-state index in [0.29, 0.717) is 0 Å². The molecule has 0 radical (unpaired) electrons. The van der Waals surface area contributed by atoms with Gasteiger partial charge in [0.25, 0.3) is 0 Å². The fourth-order valence-corrected chi connectivity index (χ4v) is 0.340. The molecular formula is C12H25Hf-7. The van der Waals surface area contributed by atoms with E-state index < -0.39 is 0 Å². The molecule has 13 heavy (non-hydrogen) atoms. The summed E-state index contributed by atoms with van der Waals surface area (Å²) < 4.78 is 0. The van der Waals surface area contributed by atoms with Crippen LogP contribution >= 0.6 is 0 Å². The number of hydrogen-bond acceptors (Lipinski definition) is 0. The topological polar surface area (TPSA) is 0 Å². The second-order valence-electron chi connectivity index (χ2n) is 1.00. The molecule has 0 saturated heterocycles. The maximum Gasteiger partial charge on any atom is 0 e. The molecule has 1 rings (SSSR count). The van der Waals surface area contributed by atoms with Crippen molar-refractivity contribution in [3.05, 3.63) is 68.4 Å². The van der Waals surface area contributed by atoms with E-state index in [4.69, 9.17) is 0 Å². The molecule has 1 aliphatic rings. The minimum absolute atomic E-state index is 0. The number of rotatable bonds is 0. The van der Waals surface area contributed by atoms with Gasteiger partial charge in [0.15, 0.2) is 0 Å². The van der Waals surface area contributed by atoms with Crippen LogP contribution < -0.4 is 0 Å². The van der Waals surface area contributed by atoms with Gasteiger partial charge in [0.2, 0.25) is 0 Å². The van der Waals surface area contributed by atoms with E-state index in [1.807, 2.05) is 12.2 Å². The Morgan fingerprint density at radius 3 is 1.46 bits per heavy atom. The van der Waals surface area contributed by atoms with Crippen molar-refractivity contribution in [1.29, 1.82) is 0 Å². The van der Waals surface area contributed by atoms with Gasteiger partial charge in [-0.05, 0) is 0 Å². The summed E-state index contributed by atoms with van der Waals surface area (Å²) in [5.74, 6) is 0. The second-order valence-corrected chi connectivity index (χ2v) is 1.00. The van der Waals surface area contributed by atoms with Crippen LogP contribution in [0.25, 0.3) is 0 Å². The van der Waals surface area contributed by atoms with E-state index in [1.165, 1.54) is 0 Å². The summed E-state index contributed by atoms with van der Waals surface area (Å²) in [7, 11) is 0. The Bertz CT molecular complexity index is 63.2. The molecule has 0 aromatic heterocycles. The molecule has 0 fully saturated rings. The zero-order valence-electron chi connectivity index (χ0n) is 10.1. The van der Waals surface area contributed by atoms with Crippen molar-refractivity contribution >= 4 is 0 Å². The molecule has 0 amide bonds. The van der Waals surface area contributed by atoms with Crippen LogP contribution in [0.2, 0.25) is 0 Å². The van der Waals surface area contributed by atoms with Gasteiger partial charge in [0.1, 0.15) is 0 Å². The molecule has 0 nitrogen and oxygen atoms in total. The van der Waals surface area contributed by atoms with Crippen LogP contribution in [0, 0.1) is 50.1 Å². The molecule has 0 aliphatic heterocycles. The van der Waals surface area contributed by atoms with Crippen molar-refractivity contribution in [1.82, 2.24) is 0 Å². The van der Waals surface area contributed by atoms with E-state index in [9.17, 15) is 0 Å². The van der Waals surface area contributed by atoms with Gasteiger partial charge in [-0.3, -0.25) is 6.08 Å². The predicted octanol–water partition coefficient (Wildman–Crippen LogP) is 4.40. The fourth-order valence-electron chi connectivity index (χ4n) is 0.340. The molecule has 0 bridgehead atoms. The normalized spacial score (nSPS) is 7.23. The quantitative estimate of drug-likeness (QED) is 0.450. The third kappa shape index (κ3) is 46.2. The summed E-state index contributed by atoms with van der Waals surface area (Å²) in [5, 5.41) is 0. The van der Waals surface area contributed by atoms with E-state index in [-0.39, 0.29) is 63.0 Å². The third-order valence-corrected chi connectivity index (χ3v) is 0.586. The molecule has 0 heterocycles. The molecule has 84 valence electrons. The van der Waals surface area contributed by atoms with Crippen LogP contribution in [0.4, 0.5) is 0 Å². The van der Waals surface area contributed by atoms with Crippen molar-refractivity contribution in [3.8, 4) is 0 Å². The van der Waals surface area contributed by atoms with Crippen LogP contribution in [-0.4, -0.2) is 0 Å². The summed E-state index contributed by atoms with van der Waals surface area (Å²) in [6.07, 6.45) is 10.0. The van der Waals surface area contributed by atoms with Gasteiger partial charge in [-0.15, -0.1) is 6.42 Å². The van der Waals surface area contributed by atoms with Gasteiger partial charge in [-0.25, -0.2) is 12.2 Å². The van der Waals surface area contributed by atoms with Crippen molar-refractivity contribution in [2.75, 3.05) is 0 Å². The molecule has 1 aliphatic carbocycles. The van der Waals surface area contributed by atoms with Gasteiger partial charge >= 0.3 is 0 Å². The summed E-state index contributed by atoms with van der Waals surface area (Å²) in [5.41, 5.74) is 0. The van der Waals surface area contributed by atoms with E-state index in [2.05, 4.69) is 19.1 Å². The average Bonchev–Trinajstić information content (AvgIpc) is 2.23. The first-order valence-electron chi connectivity index (χ1n) is 2.42. The maximum absolute atomic E-state index is 3.25. The summed E-state index contributed by atoms with van der Waals surface area (Å²) in [4.78, 5) is 0. The van der Waals surface area contributed by atoms with Crippen molar-refractivity contribution in [2.45, 2.75) is 13.3 Å². The molecule has 0 N–H and O–H groups in total. The molecule has 0 spiro atoms. The Labute approximate surface area is 107 Å². The second kappa shape index (κ2) is 55.6. The van der Waals surface area contributed by atoms with Crippen molar-refractivity contribution in [3.63, 3.8) is 0 Å². The Hall–Kier alpha value is 0.350. The summed E-state index contributed by atoms with van der Waals surface area (Å²) in [6, 6.07) is 0. The van der Waals surface area contributed by atoms with Crippen LogP contribution in [0.1, 0.15) is 13.3 Å². The monoisotopic (exact) mass is 349 g/mol. The zero-order chi connectivity index (χ0) is 5.54. The first-order valence-corrected chi connectivity index (χ1v) is 2.42.